The quantitative estimate of drug-likeness (QED) is 0.634. The maximum Gasteiger partial charge on any atom is 0.224 e. The third kappa shape index (κ3) is 9.35. The molecule has 0 saturated carbocycles. The highest BCUT2D eigenvalue weighted by Crippen LogP contribution is 2.25. The van der Waals surface area contributed by atoms with Crippen molar-refractivity contribution >= 4 is 5.91 Å². The van der Waals surface area contributed by atoms with Gasteiger partial charge in [-0.3, -0.25) is 4.79 Å². The van der Waals surface area contributed by atoms with Crippen molar-refractivity contribution in [1.82, 2.24) is 5.32 Å². The van der Waals surface area contributed by atoms with Crippen LogP contribution in [0.5, 0.6) is 0 Å². The van der Waals surface area contributed by atoms with Crippen LogP contribution in [-0.4, -0.2) is 19.0 Å². The Labute approximate surface area is 126 Å². The Morgan fingerprint density at radius 3 is 2.20 bits per heavy atom. The molecule has 0 aliphatic rings. The topological polar surface area (TPSA) is 55.1 Å². The van der Waals surface area contributed by atoms with Crippen LogP contribution in [0.3, 0.4) is 0 Å². The van der Waals surface area contributed by atoms with Gasteiger partial charge in [-0.05, 0) is 23.7 Å². The number of hydrogen-bond donors (Lipinski definition) is 2. The highest BCUT2D eigenvalue weighted by Gasteiger charge is 2.25. The first-order valence-corrected chi connectivity index (χ1v) is 8.09. The Morgan fingerprint density at radius 1 is 1.15 bits per heavy atom. The molecule has 0 spiro atoms. The van der Waals surface area contributed by atoms with E-state index >= 15 is 0 Å². The Bertz CT molecular complexity index is 279. The lowest BCUT2D eigenvalue weighted by molar-refractivity contribution is -0.126. The van der Waals surface area contributed by atoms with E-state index in [1.165, 1.54) is 19.3 Å². The van der Waals surface area contributed by atoms with Crippen molar-refractivity contribution in [1.29, 1.82) is 0 Å². The molecule has 0 fully saturated rings. The fourth-order valence-electron chi connectivity index (χ4n) is 2.43. The summed E-state index contributed by atoms with van der Waals surface area (Å²) in [6, 6.07) is 0. The van der Waals surface area contributed by atoms with E-state index in [2.05, 4.69) is 46.9 Å². The highest BCUT2D eigenvalue weighted by atomic mass is 16.1. The molecule has 3 nitrogen and oxygen atoms in total. The average molecular weight is 284 g/mol. The molecular weight excluding hydrogens is 248 g/mol. The van der Waals surface area contributed by atoms with Gasteiger partial charge in [-0.1, -0.05) is 60.8 Å². The third-order valence-electron chi connectivity index (χ3n) is 3.71. The molecule has 0 saturated heterocycles. The molecule has 0 heterocycles. The van der Waals surface area contributed by atoms with Gasteiger partial charge in [0.2, 0.25) is 5.91 Å². The Balaban J connectivity index is 4.23. The lowest BCUT2D eigenvalue weighted by Gasteiger charge is -2.28. The largest absolute Gasteiger partial charge is 0.355 e. The van der Waals surface area contributed by atoms with Crippen LogP contribution in [0, 0.1) is 16.7 Å². The van der Waals surface area contributed by atoms with E-state index in [4.69, 9.17) is 5.73 Å². The second-order valence-corrected chi connectivity index (χ2v) is 8.04. The number of amides is 1. The van der Waals surface area contributed by atoms with Gasteiger partial charge in [0.15, 0.2) is 0 Å². The van der Waals surface area contributed by atoms with Crippen molar-refractivity contribution in [2.45, 2.75) is 73.6 Å². The smallest absolute Gasteiger partial charge is 0.224 e. The summed E-state index contributed by atoms with van der Waals surface area (Å²) >= 11 is 0. The van der Waals surface area contributed by atoms with Crippen LogP contribution in [0.25, 0.3) is 0 Å². The molecule has 1 unspecified atom stereocenters. The summed E-state index contributed by atoms with van der Waals surface area (Å²) in [5, 5.41) is 3.10. The third-order valence-corrected chi connectivity index (χ3v) is 3.71. The number of carbonyl (C=O) groups excluding carboxylic acids is 1. The van der Waals surface area contributed by atoms with Gasteiger partial charge < -0.3 is 11.1 Å². The molecule has 0 aromatic carbocycles. The molecule has 1 amide bonds. The van der Waals surface area contributed by atoms with Crippen molar-refractivity contribution in [3.8, 4) is 0 Å². The molecule has 3 heteroatoms. The first kappa shape index (κ1) is 19.4. The van der Waals surface area contributed by atoms with E-state index in [-0.39, 0.29) is 22.7 Å². The maximum atomic E-state index is 12.2. The van der Waals surface area contributed by atoms with Gasteiger partial charge >= 0.3 is 0 Å². The summed E-state index contributed by atoms with van der Waals surface area (Å²) in [4.78, 5) is 12.2. The van der Waals surface area contributed by atoms with Crippen molar-refractivity contribution in [3.05, 3.63) is 0 Å². The average Bonchev–Trinajstić information content (AvgIpc) is 2.32. The van der Waals surface area contributed by atoms with Gasteiger partial charge in [-0.15, -0.1) is 0 Å². The minimum atomic E-state index is -0.0681. The van der Waals surface area contributed by atoms with Gasteiger partial charge in [-0.25, -0.2) is 0 Å². The van der Waals surface area contributed by atoms with E-state index < -0.39 is 0 Å². The summed E-state index contributed by atoms with van der Waals surface area (Å²) in [5.41, 5.74) is 6.07. The lowest BCUT2D eigenvalue weighted by atomic mass is 9.83. The van der Waals surface area contributed by atoms with Crippen molar-refractivity contribution in [3.63, 3.8) is 0 Å². The fourth-order valence-corrected chi connectivity index (χ4v) is 2.43. The van der Waals surface area contributed by atoms with Gasteiger partial charge in [-0.2, -0.15) is 0 Å². The second-order valence-electron chi connectivity index (χ2n) is 8.04. The first-order chi connectivity index (χ1) is 9.11. The molecule has 0 bridgehead atoms. The summed E-state index contributed by atoms with van der Waals surface area (Å²) in [6.07, 6.45) is 5.75. The number of unbranched alkanes of at least 4 members (excludes halogenated alkanes) is 2. The van der Waals surface area contributed by atoms with Gasteiger partial charge in [0.05, 0.1) is 5.92 Å². The lowest BCUT2D eigenvalue weighted by Crippen LogP contribution is -2.41. The molecular formula is C17H36N2O. The second kappa shape index (κ2) is 8.66. The summed E-state index contributed by atoms with van der Waals surface area (Å²) in [7, 11) is 0. The molecule has 3 N–H and O–H groups in total. The number of hydrogen-bond acceptors (Lipinski definition) is 2. The predicted octanol–water partition coefficient (Wildman–Crippen LogP) is 3.72. The number of nitrogens with two attached hydrogens (primary N) is 1. The van der Waals surface area contributed by atoms with Gasteiger partial charge in [0, 0.05) is 13.1 Å². The highest BCUT2D eigenvalue weighted by molar-refractivity contribution is 5.78. The summed E-state index contributed by atoms with van der Waals surface area (Å²) in [5.74, 6) is 0.0485. The molecule has 0 aliphatic heterocycles. The molecule has 0 radical (unpaired) electrons. The number of nitrogens with one attached hydrogen (secondary N) is 1. The molecule has 20 heavy (non-hydrogen) atoms. The van der Waals surface area contributed by atoms with Crippen LogP contribution < -0.4 is 11.1 Å². The SMILES string of the molecule is CCCCCC(C)(C)CNC(=O)C(CN)CC(C)(C)C. The molecule has 120 valence electrons. The summed E-state index contributed by atoms with van der Waals surface area (Å²) < 4.78 is 0. The molecule has 0 aromatic rings. The molecule has 0 aromatic heterocycles. The van der Waals surface area contributed by atoms with E-state index in [1.807, 2.05) is 0 Å². The van der Waals surface area contributed by atoms with E-state index in [1.54, 1.807) is 0 Å². The van der Waals surface area contributed by atoms with Gasteiger partial charge in [0.1, 0.15) is 0 Å². The van der Waals surface area contributed by atoms with Crippen molar-refractivity contribution in [2.75, 3.05) is 13.1 Å². The predicted molar refractivity (Wildman–Crippen MR) is 87.5 cm³/mol. The minimum absolute atomic E-state index is 0.0681. The normalized spacial score (nSPS) is 14.2. The minimum Gasteiger partial charge on any atom is -0.355 e. The summed E-state index contributed by atoms with van der Waals surface area (Å²) in [6.45, 7) is 14.3. The zero-order valence-corrected chi connectivity index (χ0v) is 14.5. The molecule has 0 aliphatic carbocycles. The van der Waals surface area contributed by atoms with Crippen LogP contribution in [0.4, 0.5) is 0 Å². The standard InChI is InChI=1S/C17H36N2O/c1-7-8-9-10-17(5,6)13-19-15(20)14(12-18)11-16(2,3)4/h14H,7-13,18H2,1-6H3,(H,19,20). The first-order valence-electron chi connectivity index (χ1n) is 8.09. The van der Waals surface area contributed by atoms with E-state index in [0.29, 0.717) is 6.54 Å². The Morgan fingerprint density at radius 2 is 1.75 bits per heavy atom. The zero-order chi connectivity index (χ0) is 15.8. The zero-order valence-electron chi connectivity index (χ0n) is 14.5. The van der Waals surface area contributed by atoms with Crippen LogP contribution in [0.15, 0.2) is 0 Å². The fraction of sp³-hybridized carbons (Fsp3) is 0.941. The van der Waals surface area contributed by atoms with Crippen LogP contribution in [-0.2, 0) is 4.79 Å². The van der Waals surface area contributed by atoms with E-state index in [0.717, 1.165) is 19.4 Å². The molecule has 0 rings (SSSR count). The monoisotopic (exact) mass is 284 g/mol. The Hall–Kier alpha value is -0.570. The van der Waals surface area contributed by atoms with Crippen molar-refractivity contribution < 1.29 is 4.79 Å². The Kier molecular flexibility index (Phi) is 8.41. The van der Waals surface area contributed by atoms with Crippen molar-refractivity contribution in [2.24, 2.45) is 22.5 Å². The van der Waals surface area contributed by atoms with Crippen LogP contribution >= 0.6 is 0 Å². The van der Waals surface area contributed by atoms with Crippen LogP contribution in [0.1, 0.15) is 73.6 Å². The number of rotatable bonds is 9. The van der Waals surface area contributed by atoms with E-state index in [9.17, 15) is 4.79 Å². The molecule has 1 atom stereocenters. The van der Waals surface area contributed by atoms with Crippen LogP contribution in [0.2, 0.25) is 0 Å². The maximum absolute atomic E-state index is 12.2. The van der Waals surface area contributed by atoms with Gasteiger partial charge in [0.25, 0.3) is 0 Å². The number of carbonyl (C=O) groups is 1.